The third kappa shape index (κ3) is 3.30. The van der Waals surface area contributed by atoms with E-state index in [1.165, 1.54) is 17.6 Å². The van der Waals surface area contributed by atoms with E-state index in [0.717, 1.165) is 5.56 Å². The van der Waals surface area contributed by atoms with Gasteiger partial charge < -0.3 is 14.0 Å². The lowest BCUT2D eigenvalue weighted by atomic mass is 10.2. The van der Waals surface area contributed by atoms with Crippen molar-refractivity contribution in [2.24, 2.45) is 7.05 Å². The molecular formula is C19H17NO4. The smallest absolute Gasteiger partial charge is 0.308 e. The fraction of sp³-hybridized carbons (Fsp3) is 0.158. The van der Waals surface area contributed by atoms with Crippen LogP contribution in [0.1, 0.15) is 12.5 Å². The van der Waals surface area contributed by atoms with Crippen molar-refractivity contribution < 1.29 is 14.3 Å². The summed E-state index contributed by atoms with van der Waals surface area (Å²) in [5, 5.41) is 0.680. The van der Waals surface area contributed by atoms with Gasteiger partial charge >= 0.3 is 5.97 Å². The van der Waals surface area contributed by atoms with E-state index in [9.17, 15) is 9.59 Å². The highest BCUT2D eigenvalue weighted by Crippen LogP contribution is 2.27. The Morgan fingerprint density at radius 2 is 1.83 bits per heavy atom. The summed E-state index contributed by atoms with van der Waals surface area (Å²) < 4.78 is 12.4. The van der Waals surface area contributed by atoms with Crippen LogP contribution < -0.4 is 15.0 Å². The number of carbonyl (C=O) groups is 1. The second kappa shape index (κ2) is 6.58. The summed E-state index contributed by atoms with van der Waals surface area (Å²) in [5.41, 5.74) is 1.45. The maximum atomic E-state index is 12.1. The summed E-state index contributed by atoms with van der Waals surface area (Å²) in [6, 6.07) is 16.5. The van der Waals surface area contributed by atoms with E-state index >= 15 is 0 Å². The molecule has 0 aliphatic heterocycles. The van der Waals surface area contributed by atoms with Crippen LogP contribution in [0.2, 0.25) is 0 Å². The first-order chi connectivity index (χ1) is 11.5. The molecular weight excluding hydrogens is 306 g/mol. The topological polar surface area (TPSA) is 57.5 Å². The SMILES string of the molecule is CC(=O)Oc1cc(=O)n(C)c2cc(OCc3ccccc3)ccc12. The Hall–Kier alpha value is -3.08. The maximum Gasteiger partial charge on any atom is 0.308 e. The molecule has 0 saturated heterocycles. The number of pyridine rings is 1. The van der Waals surface area contributed by atoms with Crippen molar-refractivity contribution in [2.45, 2.75) is 13.5 Å². The molecule has 1 aromatic heterocycles. The number of aromatic nitrogens is 1. The van der Waals surface area contributed by atoms with E-state index < -0.39 is 5.97 Å². The Morgan fingerprint density at radius 3 is 2.54 bits per heavy atom. The summed E-state index contributed by atoms with van der Waals surface area (Å²) >= 11 is 0. The zero-order valence-electron chi connectivity index (χ0n) is 13.5. The number of carbonyl (C=O) groups excluding carboxylic acids is 1. The molecule has 122 valence electrons. The van der Waals surface area contributed by atoms with Crippen LogP contribution in [0.5, 0.6) is 11.5 Å². The van der Waals surface area contributed by atoms with E-state index in [2.05, 4.69) is 0 Å². The fourth-order valence-corrected chi connectivity index (χ4v) is 2.47. The van der Waals surface area contributed by atoms with Gasteiger partial charge in [-0.15, -0.1) is 0 Å². The molecule has 3 rings (SSSR count). The van der Waals surface area contributed by atoms with Crippen molar-refractivity contribution in [3.05, 3.63) is 70.5 Å². The molecule has 0 saturated carbocycles. The number of nitrogens with zero attached hydrogens (tertiary/aromatic N) is 1. The molecule has 0 aliphatic rings. The summed E-state index contributed by atoms with van der Waals surface area (Å²) in [6.45, 7) is 1.74. The Balaban J connectivity index is 1.96. The van der Waals surface area contributed by atoms with Crippen LogP contribution >= 0.6 is 0 Å². The Labute approximate surface area is 139 Å². The van der Waals surface area contributed by atoms with Crippen LogP contribution in [0.25, 0.3) is 10.9 Å². The van der Waals surface area contributed by atoms with E-state index in [4.69, 9.17) is 9.47 Å². The molecule has 5 nitrogen and oxygen atoms in total. The first kappa shape index (κ1) is 15.8. The van der Waals surface area contributed by atoms with Crippen LogP contribution in [-0.2, 0) is 18.4 Å². The van der Waals surface area contributed by atoms with Crippen molar-refractivity contribution >= 4 is 16.9 Å². The van der Waals surface area contributed by atoms with E-state index in [0.29, 0.717) is 23.3 Å². The zero-order chi connectivity index (χ0) is 17.1. The molecule has 5 heteroatoms. The van der Waals surface area contributed by atoms with E-state index in [1.54, 1.807) is 25.2 Å². The van der Waals surface area contributed by atoms with Gasteiger partial charge in [-0.2, -0.15) is 0 Å². The predicted molar refractivity (Wildman–Crippen MR) is 91.3 cm³/mol. The second-order valence-corrected chi connectivity index (χ2v) is 5.45. The molecule has 2 aromatic carbocycles. The largest absolute Gasteiger partial charge is 0.489 e. The van der Waals surface area contributed by atoms with Crippen LogP contribution in [0.3, 0.4) is 0 Å². The third-order valence-electron chi connectivity index (χ3n) is 3.68. The van der Waals surface area contributed by atoms with Gasteiger partial charge in [-0.25, -0.2) is 0 Å². The summed E-state index contributed by atoms with van der Waals surface area (Å²) in [4.78, 5) is 23.3. The molecule has 0 fully saturated rings. The van der Waals surface area contributed by atoms with Crippen molar-refractivity contribution in [1.82, 2.24) is 4.57 Å². The molecule has 0 aliphatic carbocycles. The van der Waals surface area contributed by atoms with Crippen molar-refractivity contribution in [3.8, 4) is 11.5 Å². The van der Waals surface area contributed by atoms with Gasteiger partial charge in [0.1, 0.15) is 18.1 Å². The average Bonchev–Trinajstić information content (AvgIpc) is 2.58. The summed E-state index contributed by atoms with van der Waals surface area (Å²) in [7, 11) is 1.67. The predicted octanol–water partition coefficient (Wildman–Crippen LogP) is 3.04. The van der Waals surface area contributed by atoms with Crippen molar-refractivity contribution in [1.29, 1.82) is 0 Å². The number of ether oxygens (including phenoxy) is 2. The van der Waals surface area contributed by atoms with Crippen LogP contribution in [0.4, 0.5) is 0 Å². The van der Waals surface area contributed by atoms with Crippen molar-refractivity contribution in [3.63, 3.8) is 0 Å². The summed E-state index contributed by atoms with van der Waals surface area (Å²) in [5.74, 6) is 0.436. The molecule has 0 N–H and O–H groups in total. The van der Waals surface area contributed by atoms with Crippen molar-refractivity contribution in [2.75, 3.05) is 0 Å². The number of benzene rings is 2. The van der Waals surface area contributed by atoms with Gasteiger partial charge in [-0.05, 0) is 17.7 Å². The van der Waals surface area contributed by atoms with Gasteiger partial charge in [0.25, 0.3) is 5.56 Å². The molecule has 1 heterocycles. The molecule has 3 aromatic rings. The zero-order valence-corrected chi connectivity index (χ0v) is 13.5. The molecule has 0 amide bonds. The molecule has 24 heavy (non-hydrogen) atoms. The quantitative estimate of drug-likeness (QED) is 0.693. The lowest BCUT2D eigenvalue weighted by Crippen LogP contribution is -2.17. The number of fused-ring (bicyclic) bond motifs is 1. The molecule has 0 radical (unpaired) electrons. The minimum Gasteiger partial charge on any atom is -0.489 e. The first-order valence-corrected chi connectivity index (χ1v) is 7.53. The minimum atomic E-state index is -0.464. The highest BCUT2D eigenvalue weighted by Gasteiger charge is 2.11. The van der Waals surface area contributed by atoms with Gasteiger partial charge in [0.2, 0.25) is 0 Å². The first-order valence-electron chi connectivity index (χ1n) is 7.53. The number of hydrogen-bond donors (Lipinski definition) is 0. The second-order valence-electron chi connectivity index (χ2n) is 5.45. The van der Waals surface area contributed by atoms with Crippen LogP contribution in [0.15, 0.2) is 59.4 Å². The van der Waals surface area contributed by atoms with Gasteiger partial charge in [-0.3, -0.25) is 9.59 Å². The third-order valence-corrected chi connectivity index (χ3v) is 3.68. The number of aryl methyl sites for hydroxylation is 1. The molecule has 0 unspecified atom stereocenters. The van der Waals surface area contributed by atoms with Gasteiger partial charge in [0, 0.05) is 31.5 Å². The number of hydrogen-bond acceptors (Lipinski definition) is 4. The van der Waals surface area contributed by atoms with Gasteiger partial charge in [-0.1, -0.05) is 30.3 Å². The lowest BCUT2D eigenvalue weighted by molar-refractivity contribution is -0.131. The highest BCUT2D eigenvalue weighted by atomic mass is 16.5. The number of esters is 1. The number of rotatable bonds is 4. The summed E-state index contributed by atoms with van der Waals surface area (Å²) in [6.07, 6.45) is 0. The maximum absolute atomic E-state index is 12.1. The van der Waals surface area contributed by atoms with E-state index in [-0.39, 0.29) is 11.3 Å². The monoisotopic (exact) mass is 323 g/mol. The Bertz CT molecular complexity index is 945. The Morgan fingerprint density at radius 1 is 1.08 bits per heavy atom. The van der Waals surface area contributed by atoms with Crippen LogP contribution in [0, 0.1) is 0 Å². The molecule has 0 spiro atoms. The Kier molecular flexibility index (Phi) is 4.33. The fourth-order valence-electron chi connectivity index (χ4n) is 2.47. The standard InChI is InChI=1S/C19H17NO4/c1-13(21)24-18-11-19(22)20(2)17-10-15(8-9-16(17)18)23-12-14-6-4-3-5-7-14/h3-11H,12H2,1-2H3. The molecule has 0 bridgehead atoms. The average molecular weight is 323 g/mol. The van der Waals surface area contributed by atoms with Gasteiger partial charge in [0.15, 0.2) is 0 Å². The van der Waals surface area contributed by atoms with Crippen LogP contribution in [-0.4, -0.2) is 10.5 Å². The minimum absolute atomic E-state index is 0.251. The lowest BCUT2D eigenvalue weighted by Gasteiger charge is -2.12. The molecule has 0 atom stereocenters. The van der Waals surface area contributed by atoms with E-state index in [1.807, 2.05) is 30.3 Å². The van der Waals surface area contributed by atoms with Gasteiger partial charge in [0.05, 0.1) is 5.52 Å². The normalized spacial score (nSPS) is 10.6. The highest BCUT2D eigenvalue weighted by molar-refractivity contribution is 5.88.